The van der Waals surface area contributed by atoms with E-state index < -0.39 is 40.8 Å². The predicted molar refractivity (Wildman–Crippen MR) is 80.1 cm³/mol. The number of halogens is 7. The molecular weight excluding hydrogens is 362 g/mol. The minimum Gasteiger partial charge on any atom is -0.496 e. The van der Waals surface area contributed by atoms with Crippen molar-refractivity contribution in [3.63, 3.8) is 0 Å². The molecule has 0 unspecified atom stereocenters. The number of ether oxygens (including phenoxy) is 1. The van der Waals surface area contributed by atoms with Crippen molar-refractivity contribution < 1.29 is 31.1 Å². The van der Waals surface area contributed by atoms with Gasteiger partial charge in [-0.1, -0.05) is 6.42 Å². The van der Waals surface area contributed by atoms with E-state index in [1.807, 2.05) is 0 Å². The van der Waals surface area contributed by atoms with Gasteiger partial charge in [0.05, 0.1) is 18.2 Å². The zero-order chi connectivity index (χ0) is 17.8. The summed E-state index contributed by atoms with van der Waals surface area (Å²) < 4.78 is 82.6. The van der Waals surface area contributed by atoms with Crippen molar-refractivity contribution >= 4 is 12.4 Å². The Balaban J connectivity index is 0.00000529. The third-order valence-corrected chi connectivity index (χ3v) is 3.33. The Morgan fingerprint density at radius 1 is 1.04 bits per heavy atom. The molecule has 0 aromatic heterocycles. The van der Waals surface area contributed by atoms with Crippen molar-refractivity contribution in [2.24, 2.45) is 11.5 Å². The van der Waals surface area contributed by atoms with Gasteiger partial charge in [-0.3, -0.25) is 0 Å². The van der Waals surface area contributed by atoms with Crippen molar-refractivity contribution in [3.8, 4) is 5.75 Å². The van der Waals surface area contributed by atoms with Crippen molar-refractivity contribution in [1.82, 2.24) is 0 Å². The van der Waals surface area contributed by atoms with E-state index in [1.165, 1.54) is 0 Å². The van der Waals surface area contributed by atoms with Gasteiger partial charge in [0, 0.05) is 11.6 Å². The first kappa shape index (κ1) is 22.8. The first-order valence-electron chi connectivity index (χ1n) is 6.84. The average molecular weight is 381 g/mol. The third-order valence-electron chi connectivity index (χ3n) is 3.33. The van der Waals surface area contributed by atoms with E-state index in [0.29, 0.717) is 25.5 Å². The lowest BCUT2D eigenvalue weighted by molar-refractivity contribution is -0.143. The van der Waals surface area contributed by atoms with E-state index >= 15 is 0 Å². The number of nitrogens with two attached hydrogens (primary N) is 2. The molecule has 0 amide bonds. The smallest absolute Gasteiger partial charge is 0.416 e. The molecule has 0 aliphatic heterocycles. The maximum atomic E-state index is 13.2. The van der Waals surface area contributed by atoms with Crippen LogP contribution in [0.2, 0.25) is 0 Å². The summed E-state index contributed by atoms with van der Waals surface area (Å²) in [7, 11) is 1.01. The second kappa shape index (κ2) is 8.77. The molecule has 0 saturated heterocycles. The SMILES string of the molecule is COc1cc(C(F)(F)F)cc(C(F)(F)F)c1[C@@H](N)CCCCN.Cl. The summed E-state index contributed by atoms with van der Waals surface area (Å²) in [5.74, 6) is -0.521. The fraction of sp³-hybridized carbons (Fsp3) is 0.571. The summed E-state index contributed by atoms with van der Waals surface area (Å²) in [6.07, 6.45) is -8.73. The lowest BCUT2D eigenvalue weighted by Gasteiger charge is -2.23. The van der Waals surface area contributed by atoms with Crippen molar-refractivity contribution in [2.75, 3.05) is 13.7 Å². The maximum absolute atomic E-state index is 13.2. The fourth-order valence-electron chi connectivity index (χ4n) is 2.23. The second-order valence-corrected chi connectivity index (χ2v) is 5.03. The Kier molecular flexibility index (Phi) is 8.34. The molecule has 0 bridgehead atoms. The van der Waals surface area contributed by atoms with E-state index in [9.17, 15) is 26.3 Å². The summed E-state index contributed by atoms with van der Waals surface area (Å²) in [6.45, 7) is 0.350. The minimum absolute atomic E-state index is 0. The molecule has 1 rings (SSSR count). The van der Waals surface area contributed by atoms with Crippen LogP contribution >= 0.6 is 12.4 Å². The van der Waals surface area contributed by atoms with E-state index in [2.05, 4.69) is 0 Å². The average Bonchev–Trinajstić information content (AvgIpc) is 2.44. The van der Waals surface area contributed by atoms with Crippen LogP contribution in [0.1, 0.15) is 42.0 Å². The molecule has 1 atom stereocenters. The standard InChI is InChI=1S/C14H18F6N2O.ClH/c1-23-11-7-8(13(15,16)17)6-9(14(18,19)20)12(11)10(22)4-2-3-5-21;/h6-7,10H,2-5,21-22H2,1H3;1H/t10-;/m0./s1. The van der Waals surface area contributed by atoms with E-state index in [0.717, 1.165) is 7.11 Å². The largest absolute Gasteiger partial charge is 0.496 e. The highest BCUT2D eigenvalue weighted by atomic mass is 35.5. The summed E-state index contributed by atoms with van der Waals surface area (Å²) in [6, 6.07) is -0.496. The van der Waals surface area contributed by atoms with Crippen molar-refractivity contribution in [2.45, 2.75) is 37.7 Å². The molecule has 1 aromatic carbocycles. The van der Waals surface area contributed by atoms with Crippen LogP contribution in [-0.2, 0) is 12.4 Å². The topological polar surface area (TPSA) is 61.3 Å². The van der Waals surface area contributed by atoms with Crippen LogP contribution in [0.3, 0.4) is 0 Å². The number of rotatable bonds is 6. The summed E-state index contributed by atoms with van der Waals surface area (Å²) in [4.78, 5) is 0. The third kappa shape index (κ3) is 5.71. The Morgan fingerprint density at radius 3 is 2.04 bits per heavy atom. The van der Waals surface area contributed by atoms with Crippen molar-refractivity contribution in [1.29, 1.82) is 0 Å². The molecule has 0 fully saturated rings. The molecule has 0 heterocycles. The molecule has 0 radical (unpaired) electrons. The van der Waals surface area contributed by atoms with E-state index in [4.69, 9.17) is 16.2 Å². The Hall–Kier alpha value is -1.19. The van der Waals surface area contributed by atoms with Crippen LogP contribution in [0.4, 0.5) is 26.3 Å². The minimum atomic E-state index is -4.98. The van der Waals surface area contributed by atoms with Gasteiger partial charge < -0.3 is 16.2 Å². The zero-order valence-corrected chi connectivity index (χ0v) is 13.6. The van der Waals surface area contributed by atoms with Gasteiger partial charge in [-0.25, -0.2) is 0 Å². The van der Waals surface area contributed by atoms with E-state index in [-0.39, 0.29) is 24.9 Å². The summed E-state index contributed by atoms with van der Waals surface area (Å²) in [5.41, 5.74) is 7.75. The molecule has 0 spiro atoms. The number of benzene rings is 1. The summed E-state index contributed by atoms with van der Waals surface area (Å²) in [5, 5.41) is 0. The number of alkyl halides is 6. The second-order valence-electron chi connectivity index (χ2n) is 5.03. The van der Waals surface area contributed by atoms with Gasteiger partial charge in [-0.05, 0) is 31.5 Å². The molecule has 0 aliphatic rings. The van der Waals surface area contributed by atoms with Crippen LogP contribution < -0.4 is 16.2 Å². The first-order chi connectivity index (χ1) is 10.5. The van der Waals surface area contributed by atoms with Gasteiger partial charge in [0.25, 0.3) is 0 Å². The molecule has 1 aromatic rings. The van der Waals surface area contributed by atoms with E-state index in [1.54, 1.807) is 0 Å². The maximum Gasteiger partial charge on any atom is 0.416 e. The van der Waals surface area contributed by atoms with Crippen LogP contribution in [0.15, 0.2) is 12.1 Å². The molecule has 4 N–H and O–H groups in total. The quantitative estimate of drug-likeness (QED) is 0.572. The molecule has 10 heteroatoms. The lowest BCUT2D eigenvalue weighted by Crippen LogP contribution is -2.21. The Bertz CT molecular complexity index is 533. The summed E-state index contributed by atoms with van der Waals surface area (Å²) >= 11 is 0. The molecular formula is C14H19ClF6N2O. The van der Waals surface area contributed by atoms with Gasteiger partial charge in [0.2, 0.25) is 0 Å². The highest BCUT2D eigenvalue weighted by Gasteiger charge is 2.40. The number of methoxy groups -OCH3 is 1. The van der Waals surface area contributed by atoms with Gasteiger partial charge in [-0.15, -0.1) is 12.4 Å². The molecule has 0 saturated carbocycles. The molecule has 140 valence electrons. The fourth-order valence-corrected chi connectivity index (χ4v) is 2.23. The van der Waals surface area contributed by atoms with Gasteiger partial charge in [-0.2, -0.15) is 26.3 Å². The Morgan fingerprint density at radius 2 is 1.62 bits per heavy atom. The highest BCUT2D eigenvalue weighted by molar-refractivity contribution is 5.85. The molecule has 3 nitrogen and oxygen atoms in total. The Labute approximate surface area is 141 Å². The van der Waals surface area contributed by atoms with Gasteiger partial charge in [0.1, 0.15) is 5.75 Å². The monoisotopic (exact) mass is 380 g/mol. The van der Waals surface area contributed by atoms with Crippen LogP contribution in [-0.4, -0.2) is 13.7 Å². The molecule has 24 heavy (non-hydrogen) atoms. The number of hydrogen-bond donors (Lipinski definition) is 2. The highest BCUT2D eigenvalue weighted by Crippen LogP contribution is 2.43. The first-order valence-corrected chi connectivity index (χ1v) is 6.84. The predicted octanol–water partition coefficient (Wildman–Crippen LogP) is 4.28. The van der Waals surface area contributed by atoms with Crippen LogP contribution in [0, 0.1) is 0 Å². The van der Waals surface area contributed by atoms with Gasteiger partial charge in [0.15, 0.2) is 0 Å². The zero-order valence-electron chi connectivity index (χ0n) is 12.8. The number of unbranched alkanes of at least 4 members (excludes halogenated alkanes) is 1. The normalized spacial score (nSPS) is 13.4. The van der Waals surface area contributed by atoms with Crippen LogP contribution in [0.25, 0.3) is 0 Å². The van der Waals surface area contributed by atoms with Crippen LogP contribution in [0.5, 0.6) is 5.75 Å². The molecule has 0 aliphatic carbocycles. The van der Waals surface area contributed by atoms with Crippen molar-refractivity contribution in [3.05, 3.63) is 28.8 Å². The van der Waals surface area contributed by atoms with Gasteiger partial charge >= 0.3 is 12.4 Å². The lowest BCUT2D eigenvalue weighted by atomic mass is 9.93. The number of hydrogen-bond acceptors (Lipinski definition) is 3.